The van der Waals surface area contributed by atoms with E-state index in [1.54, 1.807) is 24.5 Å². The van der Waals surface area contributed by atoms with Crippen molar-refractivity contribution < 1.29 is 4.39 Å². The molecule has 0 amide bonds. The molecule has 0 radical (unpaired) electrons. The van der Waals surface area contributed by atoms with E-state index >= 15 is 0 Å². The van der Waals surface area contributed by atoms with Crippen LogP contribution >= 0.6 is 12.2 Å². The van der Waals surface area contributed by atoms with Gasteiger partial charge in [0, 0.05) is 37.0 Å². The average molecular weight is 430 g/mol. The van der Waals surface area contributed by atoms with Crippen molar-refractivity contribution in [3.63, 3.8) is 0 Å². The molecular formula is C24H20FN5S. The summed E-state index contributed by atoms with van der Waals surface area (Å²) in [6.45, 7) is 0.579. The Balaban J connectivity index is 1.62. The van der Waals surface area contributed by atoms with Gasteiger partial charge in [-0.05, 0) is 60.2 Å². The number of para-hydroxylation sites is 1. The number of thiocarbonyl (C=S) groups is 1. The van der Waals surface area contributed by atoms with Crippen LogP contribution < -0.4 is 5.32 Å². The van der Waals surface area contributed by atoms with E-state index in [0.717, 1.165) is 17.0 Å². The molecule has 4 heterocycles. The third-order valence-corrected chi connectivity index (χ3v) is 5.82. The Labute approximate surface area is 185 Å². The summed E-state index contributed by atoms with van der Waals surface area (Å²) in [5.41, 5.74) is 3.35. The van der Waals surface area contributed by atoms with E-state index in [-0.39, 0.29) is 17.9 Å². The standard InChI is InChI=1S/C24H20FN5S/c25-18-8-1-2-10-20(18)29-14-6-11-21(29)23-22(19-9-3-4-13-27-19)28-24(31)30(23)16-17-7-5-12-26-15-17/h1-15,22-23H,16H2,(H,28,31)/t22-,23-/m1/s1. The number of nitrogens with one attached hydrogen (secondary N) is 1. The van der Waals surface area contributed by atoms with E-state index < -0.39 is 0 Å². The number of nitrogens with zero attached hydrogens (tertiary/aromatic N) is 4. The molecular weight excluding hydrogens is 409 g/mol. The summed E-state index contributed by atoms with van der Waals surface area (Å²) in [5, 5.41) is 4.07. The zero-order valence-electron chi connectivity index (χ0n) is 16.6. The maximum Gasteiger partial charge on any atom is 0.170 e. The molecule has 1 fully saturated rings. The fraction of sp³-hybridized carbons (Fsp3) is 0.125. The van der Waals surface area contributed by atoms with E-state index in [0.29, 0.717) is 17.3 Å². The normalized spacial score (nSPS) is 18.2. The zero-order valence-corrected chi connectivity index (χ0v) is 17.4. The fourth-order valence-electron chi connectivity index (χ4n) is 4.09. The second kappa shape index (κ2) is 8.28. The molecule has 5 nitrogen and oxygen atoms in total. The van der Waals surface area contributed by atoms with Crippen LogP contribution in [0.4, 0.5) is 4.39 Å². The second-order valence-corrected chi connectivity index (χ2v) is 7.76. The van der Waals surface area contributed by atoms with Gasteiger partial charge in [0.1, 0.15) is 5.82 Å². The average Bonchev–Trinajstić information content (AvgIpc) is 3.40. The molecule has 0 saturated carbocycles. The van der Waals surface area contributed by atoms with Crippen molar-refractivity contribution in [3.05, 3.63) is 114 Å². The predicted molar refractivity (Wildman–Crippen MR) is 121 cm³/mol. The Kier molecular flexibility index (Phi) is 5.18. The van der Waals surface area contributed by atoms with Gasteiger partial charge in [0.15, 0.2) is 5.11 Å². The van der Waals surface area contributed by atoms with Crippen LogP contribution in [-0.2, 0) is 6.54 Å². The van der Waals surface area contributed by atoms with Gasteiger partial charge in [0.05, 0.1) is 23.5 Å². The van der Waals surface area contributed by atoms with Crippen LogP contribution in [0.2, 0.25) is 0 Å². The van der Waals surface area contributed by atoms with Gasteiger partial charge in [-0.25, -0.2) is 4.39 Å². The van der Waals surface area contributed by atoms with Crippen LogP contribution in [0.15, 0.2) is 91.5 Å². The first kappa shape index (κ1) is 19.4. The molecule has 1 aliphatic rings. The van der Waals surface area contributed by atoms with Gasteiger partial charge in [0.2, 0.25) is 0 Å². The lowest BCUT2D eigenvalue weighted by Gasteiger charge is -2.29. The van der Waals surface area contributed by atoms with E-state index in [2.05, 4.69) is 20.2 Å². The van der Waals surface area contributed by atoms with Gasteiger partial charge in [-0.3, -0.25) is 9.97 Å². The summed E-state index contributed by atoms with van der Waals surface area (Å²) in [4.78, 5) is 10.9. The first-order chi connectivity index (χ1) is 15.2. The molecule has 0 spiro atoms. The van der Waals surface area contributed by atoms with Crippen LogP contribution in [0.25, 0.3) is 5.69 Å². The van der Waals surface area contributed by atoms with Crippen LogP contribution in [-0.4, -0.2) is 24.5 Å². The van der Waals surface area contributed by atoms with Crippen molar-refractivity contribution in [1.82, 2.24) is 24.8 Å². The van der Waals surface area contributed by atoms with Gasteiger partial charge >= 0.3 is 0 Å². The van der Waals surface area contributed by atoms with Crippen molar-refractivity contribution in [3.8, 4) is 5.69 Å². The van der Waals surface area contributed by atoms with Crippen molar-refractivity contribution in [2.24, 2.45) is 0 Å². The van der Waals surface area contributed by atoms with Crippen molar-refractivity contribution in [2.45, 2.75) is 18.6 Å². The Bertz CT molecular complexity index is 1190. The first-order valence-electron chi connectivity index (χ1n) is 10.0. The molecule has 1 N–H and O–H groups in total. The fourth-order valence-corrected chi connectivity index (χ4v) is 4.39. The van der Waals surface area contributed by atoms with Gasteiger partial charge < -0.3 is 14.8 Å². The predicted octanol–water partition coefficient (Wildman–Crippen LogP) is 4.58. The molecule has 154 valence electrons. The quantitative estimate of drug-likeness (QED) is 0.471. The molecule has 5 rings (SSSR count). The highest BCUT2D eigenvalue weighted by Crippen LogP contribution is 2.40. The van der Waals surface area contributed by atoms with Crippen LogP contribution in [0.3, 0.4) is 0 Å². The Morgan fingerprint density at radius 1 is 0.968 bits per heavy atom. The number of rotatable bonds is 5. The first-order valence-corrected chi connectivity index (χ1v) is 10.4. The molecule has 31 heavy (non-hydrogen) atoms. The molecule has 3 aromatic heterocycles. The molecule has 1 aliphatic heterocycles. The van der Waals surface area contributed by atoms with Crippen LogP contribution in [0.5, 0.6) is 0 Å². The Morgan fingerprint density at radius 3 is 2.61 bits per heavy atom. The molecule has 0 bridgehead atoms. The summed E-state index contributed by atoms with van der Waals surface area (Å²) in [7, 11) is 0. The highest BCUT2D eigenvalue weighted by molar-refractivity contribution is 7.80. The lowest BCUT2D eigenvalue weighted by molar-refractivity contribution is 0.301. The van der Waals surface area contributed by atoms with E-state index in [9.17, 15) is 4.39 Å². The smallest absolute Gasteiger partial charge is 0.170 e. The second-order valence-electron chi connectivity index (χ2n) is 7.37. The number of aromatic nitrogens is 3. The number of pyridine rings is 2. The van der Waals surface area contributed by atoms with Gasteiger partial charge in [-0.15, -0.1) is 0 Å². The van der Waals surface area contributed by atoms with E-state index in [1.165, 1.54) is 6.07 Å². The Hall–Kier alpha value is -3.58. The zero-order chi connectivity index (χ0) is 21.2. The number of benzene rings is 1. The van der Waals surface area contributed by atoms with E-state index in [1.807, 2.05) is 65.5 Å². The molecule has 1 saturated heterocycles. The molecule has 1 aromatic carbocycles. The van der Waals surface area contributed by atoms with Crippen molar-refractivity contribution in [2.75, 3.05) is 0 Å². The SMILES string of the molecule is Fc1ccccc1-n1cccc1[C@@H]1[C@@H](c2ccccn2)NC(=S)N1Cc1cccnc1. The van der Waals surface area contributed by atoms with Gasteiger partial charge in [0.25, 0.3) is 0 Å². The summed E-state index contributed by atoms with van der Waals surface area (Å²) in [6.07, 6.45) is 7.24. The number of halogens is 1. The molecule has 0 aliphatic carbocycles. The van der Waals surface area contributed by atoms with Gasteiger partial charge in [-0.1, -0.05) is 24.3 Å². The minimum absolute atomic E-state index is 0.175. The summed E-state index contributed by atoms with van der Waals surface area (Å²) in [6, 6.07) is 20.1. The number of hydrogen-bond acceptors (Lipinski definition) is 3. The molecule has 2 atom stereocenters. The largest absolute Gasteiger partial charge is 0.352 e. The Morgan fingerprint density at radius 2 is 1.84 bits per heavy atom. The minimum atomic E-state index is -0.276. The summed E-state index contributed by atoms with van der Waals surface area (Å²) in [5.74, 6) is -0.276. The molecule has 4 aromatic rings. The molecule has 7 heteroatoms. The topological polar surface area (TPSA) is 46.0 Å². The molecule has 0 unspecified atom stereocenters. The third kappa shape index (κ3) is 3.68. The van der Waals surface area contributed by atoms with Gasteiger partial charge in [-0.2, -0.15) is 0 Å². The lowest BCUT2D eigenvalue weighted by Crippen LogP contribution is -2.30. The maximum atomic E-state index is 14.7. The number of hydrogen-bond donors (Lipinski definition) is 1. The van der Waals surface area contributed by atoms with Crippen LogP contribution in [0, 0.1) is 5.82 Å². The third-order valence-electron chi connectivity index (χ3n) is 5.47. The maximum absolute atomic E-state index is 14.7. The van der Waals surface area contributed by atoms with E-state index in [4.69, 9.17) is 12.2 Å². The van der Waals surface area contributed by atoms with Crippen molar-refractivity contribution in [1.29, 1.82) is 0 Å². The summed E-state index contributed by atoms with van der Waals surface area (Å²) >= 11 is 5.74. The highest BCUT2D eigenvalue weighted by atomic mass is 32.1. The summed E-state index contributed by atoms with van der Waals surface area (Å²) < 4.78 is 16.6. The van der Waals surface area contributed by atoms with Crippen molar-refractivity contribution >= 4 is 17.3 Å². The lowest BCUT2D eigenvalue weighted by atomic mass is 10.0. The highest BCUT2D eigenvalue weighted by Gasteiger charge is 2.41. The van der Waals surface area contributed by atoms with Crippen LogP contribution in [0.1, 0.15) is 29.0 Å². The monoisotopic (exact) mass is 429 g/mol. The minimum Gasteiger partial charge on any atom is -0.352 e.